The van der Waals surface area contributed by atoms with Crippen molar-refractivity contribution in [2.24, 2.45) is 0 Å². The second-order valence-corrected chi connectivity index (χ2v) is 6.25. The Morgan fingerprint density at radius 2 is 2.07 bits per heavy atom. The number of para-hydroxylation sites is 1. The zero-order valence-electron chi connectivity index (χ0n) is 14.9. The number of aromatic nitrogens is 4. The Hall–Kier alpha value is -3.81. The van der Waals surface area contributed by atoms with Crippen molar-refractivity contribution in [1.82, 2.24) is 25.4 Å². The van der Waals surface area contributed by atoms with Gasteiger partial charge in [0.25, 0.3) is 5.56 Å². The number of fused-ring (bicyclic) bond motifs is 1. The number of pyridine rings is 2. The molecule has 0 aliphatic rings. The van der Waals surface area contributed by atoms with E-state index in [1.807, 2.05) is 36.4 Å². The Kier molecular flexibility index (Phi) is 4.92. The first-order valence-electron chi connectivity index (χ1n) is 8.80. The normalized spacial score (nSPS) is 10.9. The molecular weight excluding hydrogens is 358 g/mol. The Labute approximate surface area is 159 Å². The zero-order chi connectivity index (χ0) is 19.3. The number of hydrogen-bond donors (Lipinski definition) is 2. The average Bonchev–Trinajstić information content (AvgIpc) is 3.20. The second kappa shape index (κ2) is 7.83. The smallest absolute Gasteiger partial charge is 0.259 e. The Bertz CT molecular complexity index is 1170. The monoisotopic (exact) mass is 375 g/mol. The van der Waals surface area contributed by atoms with Crippen LogP contribution in [-0.2, 0) is 17.8 Å². The van der Waals surface area contributed by atoms with E-state index >= 15 is 0 Å². The van der Waals surface area contributed by atoms with E-state index in [1.165, 1.54) is 0 Å². The number of H-pyrrole nitrogens is 1. The summed E-state index contributed by atoms with van der Waals surface area (Å²) in [5, 5.41) is 7.57. The summed E-state index contributed by atoms with van der Waals surface area (Å²) in [4.78, 5) is 35.3. The molecule has 0 bridgehead atoms. The topological polar surface area (TPSA) is 114 Å². The van der Waals surface area contributed by atoms with Gasteiger partial charge in [0.1, 0.15) is 0 Å². The highest BCUT2D eigenvalue weighted by Gasteiger charge is 2.14. The van der Waals surface area contributed by atoms with Crippen LogP contribution in [0.3, 0.4) is 0 Å². The second-order valence-electron chi connectivity index (χ2n) is 6.25. The van der Waals surface area contributed by atoms with Crippen LogP contribution in [0.4, 0.5) is 0 Å². The number of hydrogen-bond acceptors (Lipinski definition) is 6. The Balaban J connectivity index is 1.40. The van der Waals surface area contributed by atoms with Gasteiger partial charge in [-0.05, 0) is 29.1 Å². The lowest BCUT2D eigenvalue weighted by atomic mass is 10.1. The van der Waals surface area contributed by atoms with Gasteiger partial charge in [-0.3, -0.25) is 14.6 Å². The predicted octanol–water partition coefficient (Wildman–Crippen LogP) is 2.22. The molecule has 0 unspecified atom stereocenters. The first kappa shape index (κ1) is 17.6. The van der Waals surface area contributed by atoms with Crippen molar-refractivity contribution >= 4 is 16.8 Å². The van der Waals surface area contributed by atoms with Crippen LogP contribution in [0.5, 0.6) is 0 Å². The van der Waals surface area contributed by atoms with Crippen LogP contribution >= 0.6 is 0 Å². The van der Waals surface area contributed by atoms with Gasteiger partial charge in [-0.2, -0.15) is 4.98 Å². The summed E-state index contributed by atoms with van der Waals surface area (Å²) in [5.74, 6) is 0.379. The molecule has 0 fully saturated rings. The third-order valence-corrected chi connectivity index (χ3v) is 4.24. The van der Waals surface area contributed by atoms with E-state index in [2.05, 4.69) is 25.4 Å². The maximum absolute atomic E-state index is 12.3. The number of nitrogens with zero attached hydrogens (tertiary/aromatic N) is 3. The molecule has 140 valence electrons. The molecule has 4 aromatic rings. The van der Waals surface area contributed by atoms with Gasteiger partial charge in [0, 0.05) is 37.3 Å². The summed E-state index contributed by atoms with van der Waals surface area (Å²) in [6.07, 6.45) is 3.87. The molecule has 2 N–H and O–H groups in total. The molecule has 0 spiro atoms. The van der Waals surface area contributed by atoms with Crippen molar-refractivity contribution in [2.75, 3.05) is 0 Å². The van der Waals surface area contributed by atoms with E-state index in [0.717, 1.165) is 16.5 Å². The van der Waals surface area contributed by atoms with E-state index in [4.69, 9.17) is 4.52 Å². The minimum atomic E-state index is -0.291. The zero-order valence-corrected chi connectivity index (χ0v) is 14.9. The van der Waals surface area contributed by atoms with Crippen LogP contribution in [0.2, 0.25) is 0 Å². The standard InChI is InChI=1S/C20H17N5O3/c26-17(22-12-13-4-3-9-21-11-13)7-8-18-24-19(25-28-18)15-10-14-5-1-2-6-16(14)23-20(15)27/h1-6,9-11H,7-8,12H2,(H,22,26)(H,23,27). The number of benzene rings is 1. The number of carbonyl (C=O) groups excluding carboxylic acids is 1. The first-order chi connectivity index (χ1) is 13.7. The van der Waals surface area contributed by atoms with E-state index in [1.54, 1.807) is 18.5 Å². The fourth-order valence-corrected chi connectivity index (χ4v) is 2.79. The maximum atomic E-state index is 12.3. The molecule has 1 amide bonds. The lowest BCUT2D eigenvalue weighted by molar-refractivity contribution is -0.121. The lowest BCUT2D eigenvalue weighted by Gasteiger charge is -2.03. The van der Waals surface area contributed by atoms with Gasteiger partial charge in [-0.25, -0.2) is 0 Å². The molecular formula is C20H17N5O3. The summed E-state index contributed by atoms with van der Waals surface area (Å²) >= 11 is 0. The van der Waals surface area contributed by atoms with Gasteiger partial charge in [0.15, 0.2) is 0 Å². The van der Waals surface area contributed by atoms with Gasteiger partial charge < -0.3 is 14.8 Å². The maximum Gasteiger partial charge on any atom is 0.259 e. The molecule has 3 aromatic heterocycles. The highest BCUT2D eigenvalue weighted by Crippen LogP contribution is 2.17. The number of carbonyl (C=O) groups is 1. The van der Waals surface area contributed by atoms with Gasteiger partial charge >= 0.3 is 0 Å². The van der Waals surface area contributed by atoms with Crippen molar-refractivity contribution in [3.63, 3.8) is 0 Å². The van der Waals surface area contributed by atoms with Crippen molar-refractivity contribution in [3.8, 4) is 11.4 Å². The summed E-state index contributed by atoms with van der Waals surface area (Å²) in [5.41, 5.74) is 1.70. The quantitative estimate of drug-likeness (QED) is 0.534. The molecule has 4 rings (SSSR count). The largest absolute Gasteiger partial charge is 0.352 e. The molecule has 8 nitrogen and oxygen atoms in total. The third-order valence-electron chi connectivity index (χ3n) is 4.24. The molecule has 3 heterocycles. The summed E-state index contributed by atoms with van der Waals surface area (Å²) in [6.45, 7) is 0.411. The predicted molar refractivity (Wildman–Crippen MR) is 102 cm³/mol. The van der Waals surface area contributed by atoms with Crippen molar-refractivity contribution in [3.05, 3.63) is 76.7 Å². The van der Waals surface area contributed by atoms with Crippen molar-refractivity contribution < 1.29 is 9.32 Å². The Morgan fingerprint density at radius 1 is 1.18 bits per heavy atom. The van der Waals surface area contributed by atoms with Crippen LogP contribution in [0.25, 0.3) is 22.3 Å². The van der Waals surface area contributed by atoms with Gasteiger partial charge in [0.2, 0.25) is 17.6 Å². The number of aromatic amines is 1. The van der Waals surface area contributed by atoms with Gasteiger partial charge in [0.05, 0.1) is 5.56 Å². The SMILES string of the molecule is O=C(CCc1nc(-c2cc3ccccc3[nH]c2=O)no1)NCc1cccnc1. The number of amides is 1. The van der Waals surface area contributed by atoms with E-state index in [0.29, 0.717) is 18.0 Å². The van der Waals surface area contributed by atoms with E-state index in [-0.39, 0.29) is 30.1 Å². The molecule has 0 aliphatic carbocycles. The van der Waals surface area contributed by atoms with Crippen LogP contribution in [0.15, 0.2) is 64.2 Å². The van der Waals surface area contributed by atoms with E-state index < -0.39 is 0 Å². The minimum absolute atomic E-state index is 0.132. The van der Waals surface area contributed by atoms with Gasteiger partial charge in [-0.15, -0.1) is 0 Å². The van der Waals surface area contributed by atoms with Crippen LogP contribution in [0.1, 0.15) is 17.9 Å². The number of nitrogens with one attached hydrogen (secondary N) is 2. The molecule has 1 aromatic carbocycles. The summed E-state index contributed by atoms with van der Waals surface area (Å²) in [7, 11) is 0. The van der Waals surface area contributed by atoms with Crippen LogP contribution in [-0.4, -0.2) is 26.0 Å². The molecule has 8 heteroatoms. The first-order valence-corrected chi connectivity index (χ1v) is 8.80. The third kappa shape index (κ3) is 3.96. The fraction of sp³-hybridized carbons (Fsp3) is 0.150. The molecule has 0 saturated carbocycles. The van der Waals surface area contributed by atoms with Crippen molar-refractivity contribution in [2.45, 2.75) is 19.4 Å². The lowest BCUT2D eigenvalue weighted by Crippen LogP contribution is -2.23. The molecule has 0 saturated heterocycles. The number of rotatable bonds is 6. The highest BCUT2D eigenvalue weighted by molar-refractivity contribution is 5.82. The number of aryl methyl sites for hydroxylation is 1. The van der Waals surface area contributed by atoms with Crippen LogP contribution < -0.4 is 10.9 Å². The molecule has 0 radical (unpaired) electrons. The minimum Gasteiger partial charge on any atom is -0.352 e. The van der Waals surface area contributed by atoms with Crippen molar-refractivity contribution in [1.29, 1.82) is 0 Å². The average molecular weight is 375 g/mol. The fourth-order valence-electron chi connectivity index (χ4n) is 2.79. The molecule has 0 aliphatic heterocycles. The van der Waals surface area contributed by atoms with Crippen LogP contribution in [0, 0.1) is 0 Å². The molecule has 0 atom stereocenters. The highest BCUT2D eigenvalue weighted by atomic mass is 16.5. The van der Waals surface area contributed by atoms with Gasteiger partial charge in [-0.1, -0.05) is 29.4 Å². The summed E-state index contributed by atoms with van der Waals surface area (Å²) < 4.78 is 5.20. The summed E-state index contributed by atoms with van der Waals surface area (Å²) in [6, 6.07) is 12.9. The molecule has 28 heavy (non-hydrogen) atoms. The Morgan fingerprint density at radius 3 is 2.93 bits per heavy atom. The van der Waals surface area contributed by atoms with E-state index in [9.17, 15) is 9.59 Å².